The van der Waals surface area contributed by atoms with Gasteiger partial charge in [-0.15, -0.1) is 0 Å². The summed E-state index contributed by atoms with van der Waals surface area (Å²) in [6, 6.07) is 12.2. The van der Waals surface area contributed by atoms with E-state index in [1.165, 1.54) is 38.3 Å². The van der Waals surface area contributed by atoms with Gasteiger partial charge >= 0.3 is 5.97 Å². The first kappa shape index (κ1) is 18.3. The number of anilines is 1. The van der Waals surface area contributed by atoms with E-state index in [-0.39, 0.29) is 10.7 Å². The summed E-state index contributed by atoms with van der Waals surface area (Å²) in [7, 11) is -2.28. The van der Waals surface area contributed by atoms with Gasteiger partial charge in [0.25, 0.3) is 10.0 Å². The number of methoxy groups -OCH3 is 1. The molecule has 0 radical (unpaired) electrons. The van der Waals surface area contributed by atoms with Crippen LogP contribution in [0, 0.1) is 0 Å². The van der Waals surface area contributed by atoms with Crippen molar-refractivity contribution >= 4 is 27.5 Å². The number of carbonyl (C=O) groups is 1. The maximum Gasteiger partial charge on any atom is 0.332 e. The van der Waals surface area contributed by atoms with Crippen LogP contribution in [-0.4, -0.2) is 27.3 Å². The number of sulfonamides is 1. The number of hydrogen-bond donors (Lipinski definition) is 2. The normalized spacial score (nSPS) is 11.7. The third kappa shape index (κ3) is 4.95. The highest BCUT2D eigenvalue weighted by molar-refractivity contribution is 7.92. The molecule has 0 bridgehead atoms. The summed E-state index contributed by atoms with van der Waals surface area (Å²) < 4.78 is 32.3. The monoisotopic (exact) mass is 363 g/mol. The van der Waals surface area contributed by atoms with E-state index in [2.05, 4.69) is 14.7 Å². The van der Waals surface area contributed by atoms with Crippen molar-refractivity contribution in [1.82, 2.24) is 0 Å². The lowest BCUT2D eigenvalue weighted by Gasteiger charge is -2.10. The molecule has 0 saturated carbocycles. The molecule has 2 aromatic rings. The van der Waals surface area contributed by atoms with Crippen molar-refractivity contribution in [3.05, 3.63) is 54.1 Å². The Morgan fingerprint density at radius 1 is 1.16 bits per heavy atom. The molecular formula is C16H17N3O5S. The Bertz CT molecular complexity index is 892. The molecule has 0 fully saturated rings. The third-order valence-corrected chi connectivity index (χ3v) is 4.45. The van der Waals surface area contributed by atoms with Gasteiger partial charge in [0.05, 0.1) is 17.7 Å². The molecule has 25 heavy (non-hydrogen) atoms. The number of rotatable bonds is 6. The first-order valence-electron chi connectivity index (χ1n) is 7.10. The Hall–Kier alpha value is -3.07. The van der Waals surface area contributed by atoms with E-state index in [9.17, 15) is 13.2 Å². The lowest BCUT2D eigenvalue weighted by atomic mass is 10.2. The first-order valence-corrected chi connectivity index (χ1v) is 8.58. The van der Waals surface area contributed by atoms with Gasteiger partial charge in [-0.05, 0) is 36.4 Å². The predicted octanol–water partition coefficient (Wildman–Crippen LogP) is 1.68. The van der Waals surface area contributed by atoms with E-state index >= 15 is 0 Å². The fourth-order valence-corrected chi connectivity index (χ4v) is 2.92. The van der Waals surface area contributed by atoms with Crippen molar-refractivity contribution in [3.63, 3.8) is 0 Å². The molecule has 0 amide bonds. The number of nitrogens with zero attached hydrogens (tertiary/aromatic N) is 1. The average Bonchev–Trinajstić information content (AvgIpc) is 2.59. The zero-order valence-electron chi connectivity index (χ0n) is 13.6. The van der Waals surface area contributed by atoms with Crippen molar-refractivity contribution in [1.29, 1.82) is 0 Å². The number of carbonyl (C=O) groups excluding carboxylic acids is 1. The van der Waals surface area contributed by atoms with Crippen molar-refractivity contribution in [2.24, 2.45) is 10.9 Å². The number of benzene rings is 2. The summed E-state index contributed by atoms with van der Waals surface area (Å²) in [6.45, 7) is 1.19. The lowest BCUT2D eigenvalue weighted by molar-refractivity contribution is -0.140. The van der Waals surface area contributed by atoms with E-state index in [4.69, 9.17) is 10.5 Å². The van der Waals surface area contributed by atoms with Gasteiger partial charge < -0.3 is 15.3 Å². The van der Waals surface area contributed by atoms with Gasteiger partial charge in [-0.3, -0.25) is 4.72 Å². The highest BCUT2D eigenvalue weighted by Gasteiger charge is 2.15. The highest BCUT2D eigenvalue weighted by atomic mass is 32.2. The molecule has 2 aromatic carbocycles. The Balaban J connectivity index is 2.19. The van der Waals surface area contributed by atoms with Crippen molar-refractivity contribution in [2.75, 3.05) is 11.8 Å². The van der Waals surface area contributed by atoms with Crippen LogP contribution in [0.3, 0.4) is 0 Å². The van der Waals surface area contributed by atoms with Gasteiger partial charge in [0.1, 0.15) is 5.75 Å². The molecule has 8 nitrogen and oxygen atoms in total. The minimum Gasteiger partial charge on any atom is -0.497 e. The van der Waals surface area contributed by atoms with Crippen molar-refractivity contribution in [2.45, 2.75) is 11.8 Å². The molecule has 0 aliphatic carbocycles. The minimum atomic E-state index is -3.78. The van der Waals surface area contributed by atoms with Crippen LogP contribution in [0.5, 0.6) is 5.75 Å². The van der Waals surface area contributed by atoms with E-state index in [0.29, 0.717) is 17.0 Å². The second-order valence-corrected chi connectivity index (χ2v) is 6.60. The molecule has 0 spiro atoms. The second-order valence-electron chi connectivity index (χ2n) is 4.92. The zero-order valence-corrected chi connectivity index (χ0v) is 14.4. The Kier molecular flexibility index (Phi) is 5.60. The van der Waals surface area contributed by atoms with Crippen LogP contribution in [0.1, 0.15) is 12.5 Å². The van der Waals surface area contributed by atoms with E-state index in [0.717, 1.165) is 0 Å². The van der Waals surface area contributed by atoms with Crippen LogP contribution < -0.4 is 15.2 Å². The molecule has 2 rings (SSSR count). The zero-order chi connectivity index (χ0) is 18.4. The smallest absolute Gasteiger partial charge is 0.332 e. The maximum atomic E-state index is 12.4. The molecule has 0 unspecified atom stereocenters. The minimum absolute atomic E-state index is 0.0411. The molecule has 0 aliphatic heterocycles. The summed E-state index contributed by atoms with van der Waals surface area (Å²) >= 11 is 0. The van der Waals surface area contributed by atoms with Gasteiger partial charge in [0.15, 0.2) is 5.84 Å². The molecule has 3 N–H and O–H groups in total. The summed E-state index contributed by atoms with van der Waals surface area (Å²) in [5.74, 6) is -0.116. The van der Waals surface area contributed by atoms with Gasteiger partial charge in [0, 0.05) is 18.6 Å². The number of nitrogens with two attached hydrogens (primary N) is 1. The lowest BCUT2D eigenvalue weighted by Crippen LogP contribution is -2.16. The van der Waals surface area contributed by atoms with E-state index in [1.807, 2.05) is 0 Å². The van der Waals surface area contributed by atoms with Crippen molar-refractivity contribution < 1.29 is 22.8 Å². The fraction of sp³-hybridized carbons (Fsp3) is 0.125. The number of amidine groups is 1. The van der Waals surface area contributed by atoms with Crippen LogP contribution in [0.25, 0.3) is 0 Å². The van der Waals surface area contributed by atoms with Crippen molar-refractivity contribution in [3.8, 4) is 5.75 Å². The molecular weight excluding hydrogens is 346 g/mol. The van der Waals surface area contributed by atoms with Gasteiger partial charge in [-0.2, -0.15) is 0 Å². The summed E-state index contributed by atoms with van der Waals surface area (Å²) in [5.41, 5.74) is 6.44. The van der Waals surface area contributed by atoms with Crippen LogP contribution in [0.15, 0.2) is 58.6 Å². The van der Waals surface area contributed by atoms with Gasteiger partial charge in [0.2, 0.25) is 0 Å². The van der Waals surface area contributed by atoms with Gasteiger partial charge in [-0.1, -0.05) is 11.2 Å². The molecule has 0 aromatic heterocycles. The average molecular weight is 363 g/mol. The molecule has 0 heterocycles. The predicted molar refractivity (Wildman–Crippen MR) is 92.7 cm³/mol. The van der Waals surface area contributed by atoms with E-state index < -0.39 is 16.0 Å². The summed E-state index contributed by atoms with van der Waals surface area (Å²) in [6.07, 6.45) is 0. The van der Waals surface area contributed by atoms with Gasteiger partial charge in [-0.25, -0.2) is 13.2 Å². The van der Waals surface area contributed by atoms with Crippen LogP contribution in [0.2, 0.25) is 0 Å². The number of nitrogens with one attached hydrogen (secondary N) is 1. The quantitative estimate of drug-likeness (QED) is 0.349. The van der Waals surface area contributed by atoms with Crippen LogP contribution in [0.4, 0.5) is 5.69 Å². The number of ether oxygens (including phenoxy) is 1. The molecule has 0 aliphatic rings. The Morgan fingerprint density at radius 3 is 2.44 bits per heavy atom. The molecule has 132 valence electrons. The summed E-state index contributed by atoms with van der Waals surface area (Å²) in [5, 5.41) is 3.44. The molecule has 9 heteroatoms. The molecule has 0 saturated heterocycles. The Labute approximate surface area is 145 Å². The first-order chi connectivity index (χ1) is 11.8. The SMILES string of the molecule is COc1cccc(NS(=O)(=O)c2ccc(/C(N)=N/OC(C)=O)cc2)c1. The maximum absolute atomic E-state index is 12.4. The molecule has 0 atom stereocenters. The fourth-order valence-electron chi connectivity index (χ4n) is 1.87. The standard InChI is InChI=1S/C16H17N3O5S/c1-11(20)24-18-16(17)12-6-8-15(9-7-12)25(21,22)19-13-4-3-5-14(10-13)23-2/h3-10,19H,1-2H3,(H2,17,18). The Morgan fingerprint density at radius 2 is 1.84 bits per heavy atom. The number of oxime groups is 1. The van der Waals surface area contributed by atoms with Crippen LogP contribution in [-0.2, 0) is 19.7 Å². The highest BCUT2D eigenvalue weighted by Crippen LogP contribution is 2.20. The second kappa shape index (κ2) is 7.67. The van der Waals surface area contributed by atoms with E-state index in [1.54, 1.807) is 24.3 Å². The number of hydrogen-bond acceptors (Lipinski definition) is 6. The third-order valence-electron chi connectivity index (χ3n) is 3.05. The topological polar surface area (TPSA) is 120 Å². The largest absolute Gasteiger partial charge is 0.497 e. The summed E-state index contributed by atoms with van der Waals surface area (Å²) in [4.78, 5) is 15.2. The van der Waals surface area contributed by atoms with Crippen LogP contribution >= 0.6 is 0 Å².